The first-order valence-corrected chi connectivity index (χ1v) is 10.5. The van der Waals surface area contributed by atoms with Crippen LogP contribution in [0, 0.1) is 5.41 Å². The first-order chi connectivity index (χ1) is 15.6. The monoisotopic (exact) mass is 461 g/mol. The van der Waals surface area contributed by atoms with Gasteiger partial charge >= 0.3 is 11.9 Å². The molecule has 0 saturated heterocycles. The number of hydrogen-bond donors (Lipinski definition) is 8. The van der Waals surface area contributed by atoms with Gasteiger partial charge < -0.3 is 37.8 Å². The van der Waals surface area contributed by atoms with Crippen molar-refractivity contribution >= 4 is 17.9 Å². The van der Waals surface area contributed by atoms with E-state index in [2.05, 4.69) is 17.4 Å². The molecule has 0 aliphatic carbocycles. The standard InChI is InChI=1S/C9H10O3.C8H11N.C6H14N4O2/c10-8-4-1-7(2-5-8)3-6-9(11)12;9-7-6-8-4-2-1-3-5-8;7-4(5(11)12)2-1-3-10-6(8)9/h1-2,4-5,10H,3,6H2,(H,11,12);1-5H,6-7,9H2;4H,1-3,7H2,(H,11,12)(H4,8,9,10)/t;;4-/m..1/s1. The van der Waals surface area contributed by atoms with Gasteiger partial charge in [0.05, 0.1) is 0 Å². The quantitative estimate of drug-likeness (QED) is 0.145. The van der Waals surface area contributed by atoms with Crippen LogP contribution in [0.2, 0.25) is 0 Å². The molecule has 0 saturated carbocycles. The van der Waals surface area contributed by atoms with Crippen molar-refractivity contribution < 1.29 is 24.9 Å². The van der Waals surface area contributed by atoms with Crippen molar-refractivity contribution in [2.45, 2.75) is 38.1 Å². The van der Waals surface area contributed by atoms with Gasteiger partial charge in [-0.1, -0.05) is 42.5 Å². The maximum atomic E-state index is 10.2. The number of carboxylic acids is 2. The van der Waals surface area contributed by atoms with Gasteiger partial charge in [-0.15, -0.1) is 0 Å². The molecule has 0 aliphatic rings. The molecule has 33 heavy (non-hydrogen) atoms. The van der Waals surface area contributed by atoms with Gasteiger partial charge in [-0.05, 0) is 55.5 Å². The average molecular weight is 462 g/mol. The highest BCUT2D eigenvalue weighted by molar-refractivity contribution is 5.74. The second-order valence-electron chi connectivity index (χ2n) is 7.01. The van der Waals surface area contributed by atoms with E-state index in [4.69, 9.17) is 37.9 Å². The maximum Gasteiger partial charge on any atom is 0.320 e. The highest BCUT2D eigenvalue weighted by Crippen LogP contribution is 2.10. The van der Waals surface area contributed by atoms with Crippen LogP contribution in [0.1, 0.15) is 30.4 Å². The van der Waals surface area contributed by atoms with Crippen LogP contribution in [0.4, 0.5) is 0 Å². The molecule has 2 rings (SSSR count). The Morgan fingerprint density at radius 1 is 0.970 bits per heavy atom. The number of carboxylic acid groups (broad SMARTS) is 2. The van der Waals surface area contributed by atoms with E-state index in [1.165, 1.54) is 5.56 Å². The minimum atomic E-state index is -1.00. The summed E-state index contributed by atoms with van der Waals surface area (Å²) >= 11 is 0. The molecule has 0 spiro atoms. The first kappa shape index (κ1) is 29.4. The second-order valence-corrected chi connectivity index (χ2v) is 7.01. The minimum absolute atomic E-state index is 0.112. The predicted octanol–water partition coefficient (Wildman–Crippen LogP) is 1.26. The van der Waals surface area contributed by atoms with Gasteiger partial charge in [0.1, 0.15) is 11.8 Å². The van der Waals surface area contributed by atoms with Crippen molar-refractivity contribution in [1.29, 1.82) is 5.41 Å². The summed E-state index contributed by atoms with van der Waals surface area (Å²) in [6, 6.07) is 16.0. The number of aryl methyl sites for hydroxylation is 1. The van der Waals surface area contributed by atoms with Crippen LogP contribution in [0.15, 0.2) is 54.6 Å². The highest BCUT2D eigenvalue weighted by atomic mass is 16.4. The smallest absolute Gasteiger partial charge is 0.320 e. The van der Waals surface area contributed by atoms with Crippen LogP contribution in [0.25, 0.3) is 0 Å². The van der Waals surface area contributed by atoms with Gasteiger partial charge in [-0.2, -0.15) is 0 Å². The molecule has 0 heterocycles. The number of benzene rings is 2. The molecule has 0 amide bonds. The van der Waals surface area contributed by atoms with Crippen molar-refractivity contribution in [1.82, 2.24) is 5.32 Å². The molecule has 0 aliphatic heterocycles. The summed E-state index contributed by atoms with van der Waals surface area (Å²) in [6.45, 7) is 1.22. The topological polar surface area (TPSA) is 209 Å². The Kier molecular flexibility index (Phi) is 16.0. The SMILES string of the molecule is N=C(N)NCCC[C@@H](N)C(=O)O.NCCc1ccccc1.O=C(O)CCc1ccc(O)cc1. The number of guanidine groups is 1. The molecular formula is C23H35N5O5. The molecule has 10 heteroatoms. The molecule has 0 radical (unpaired) electrons. The molecule has 0 bridgehead atoms. The zero-order valence-electron chi connectivity index (χ0n) is 18.6. The lowest BCUT2D eigenvalue weighted by Gasteiger charge is -2.06. The number of carbonyl (C=O) groups is 2. The summed E-state index contributed by atoms with van der Waals surface area (Å²) in [4.78, 5) is 20.4. The van der Waals surface area contributed by atoms with E-state index in [1.807, 2.05) is 18.2 Å². The third kappa shape index (κ3) is 17.7. The fourth-order valence-electron chi connectivity index (χ4n) is 2.39. The third-order valence-corrected chi connectivity index (χ3v) is 4.16. The average Bonchev–Trinajstić information content (AvgIpc) is 2.78. The van der Waals surface area contributed by atoms with Crippen molar-refractivity contribution in [3.8, 4) is 5.75 Å². The Labute approximate surface area is 193 Å². The van der Waals surface area contributed by atoms with E-state index in [0.29, 0.717) is 25.8 Å². The van der Waals surface area contributed by atoms with Crippen molar-refractivity contribution in [2.75, 3.05) is 13.1 Å². The van der Waals surface area contributed by atoms with Crippen molar-refractivity contribution in [3.05, 3.63) is 65.7 Å². The van der Waals surface area contributed by atoms with Gasteiger partial charge in [0.2, 0.25) is 0 Å². The lowest BCUT2D eigenvalue weighted by atomic mass is 10.1. The Morgan fingerprint density at radius 2 is 1.55 bits per heavy atom. The summed E-state index contributed by atoms with van der Waals surface area (Å²) in [7, 11) is 0. The molecule has 2 aromatic carbocycles. The summed E-state index contributed by atoms with van der Waals surface area (Å²) in [5.41, 5.74) is 17.8. The second kappa shape index (κ2) is 18.0. The fraction of sp³-hybridized carbons (Fsp3) is 0.348. The lowest BCUT2D eigenvalue weighted by Crippen LogP contribution is -2.34. The van der Waals surface area contributed by atoms with Crippen LogP contribution < -0.4 is 22.5 Å². The highest BCUT2D eigenvalue weighted by Gasteiger charge is 2.09. The largest absolute Gasteiger partial charge is 0.508 e. The van der Waals surface area contributed by atoms with E-state index in [1.54, 1.807) is 24.3 Å². The number of phenols is 1. The Morgan fingerprint density at radius 3 is 2.03 bits per heavy atom. The van der Waals surface area contributed by atoms with E-state index < -0.39 is 18.0 Å². The Hall–Kier alpha value is -3.63. The number of nitrogens with one attached hydrogen (secondary N) is 2. The molecule has 11 N–H and O–H groups in total. The number of hydrogen-bond acceptors (Lipinski definition) is 6. The van der Waals surface area contributed by atoms with Crippen molar-refractivity contribution in [2.24, 2.45) is 17.2 Å². The molecule has 0 unspecified atom stereocenters. The number of phenolic OH excluding ortho intramolecular Hbond substituents is 1. The van der Waals surface area contributed by atoms with Gasteiger partial charge in [0.15, 0.2) is 5.96 Å². The van der Waals surface area contributed by atoms with Crippen LogP contribution in [0.5, 0.6) is 5.75 Å². The molecule has 1 atom stereocenters. The molecule has 0 fully saturated rings. The zero-order chi connectivity index (χ0) is 25.1. The van der Waals surface area contributed by atoms with Gasteiger partial charge in [-0.3, -0.25) is 15.0 Å². The summed E-state index contributed by atoms with van der Waals surface area (Å²) in [6.07, 6.45) is 2.60. The van der Waals surface area contributed by atoms with E-state index in [0.717, 1.165) is 18.5 Å². The van der Waals surface area contributed by atoms with Crippen LogP contribution in [0.3, 0.4) is 0 Å². The third-order valence-electron chi connectivity index (χ3n) is 4.16. The summed E-state index contributed by atoms with van der Waals surface area (Å²) < 4.78 is 0. The predicted molar refractivity (Wildman–Crippen MR) is 128 cm³/mol. The van der Waals surface area contributed by atoms with Crippen LogP contribution in [-0.4, -0.2) is 52.3 Å². The number of aromatic hydroxyl groups is 1. The molecule has 2 aromatic rings. The Balaban J connectivity index is 0.000000470. The first-order valence-electron chi connectivity index (χ1n) is 10.5. The molecule has 182 valence electrons. The number of rotatable bonds is 10. The summed E-state index contributed by atoms with van der Waals surface area (Å²) in [5.74, 6) is -1.71. The van der Waals surface area contributed by atoms with Gasteiger partial charge in [0.25, 0.3) is 0 Å². The fourth-order valence-corrected chi connectivity index (χ4v) is 2.39. The van der Waals surface area contributed by atoms with Crippen LogP contribution in [-0.2, 0) is 22.4 Å². The molecular weight excluding hydrogens is 426 g/mol. The summed E-state index contributed by atoms with van der Waals surface area (Å²) in [5, 5.41) is 35.0. The van der Waals surface area contributed by atoms with Gasteiger partial charge in [0, 0.05) is 13.0 Å². The van der Waals surface area contributed by atoms with Gasteiger partial charge in [-0.25, -0.2) is 0 Å². The van der Waals surface area contributed by atoms with Crippen molar-refractivity contribution in [3.63, 3.8) is 0 Å². The van der Waals surface area contributed by atoms with E-state index in [9.17, 15) is 9.59 Å². The number of nitrogens with two attached hydrogens (primary N) is 3. The van der Waals surface area contributed by atoms with E-state index in [-0.39, 0.29) is 18.1 Å². The normalized spacial score (nSPS) is 10.5. The van der Waals surface area contributed by atoms with Crippen LogP contribution >= 0.6 is 0 Å². The minimum Gasteiger partial charge on any atom is -0.508 e. The number of aliphatic carboxylic acids is 2. The molecule has 10 nitrogen and oxygen atoms in total. The Bertz CT molecular complexity index is 816. The maximum absolute atomic E-state index is 10.2. The zero-order valence-corrected chi connectivity index (χ0v) is 18.6. The molecule has 0 aromatic heterocycles. The lowest BCUT2D eigenvalue weighted by molar-refractivity contribution is -0.139. The van der Waals surface area contributed by atoms with E-state index >= 15 is 0 Å².